The van der Waals surface area contributed by atoms with Gasteiger partial charge in [-0.1, -0.05) is 53.4 Å². The highest BCUT2D eigenvalue weighted by Crippen LogP contribution is 2.23. The molecule has 0 aliphatic carbocycles. The minimum absolute atomic E-state index is 0.343. The van der Waals surface area contributed by atoms with Gasteiger partial charge in [0.25, 0.3) is 0 Å². The number of likely N-dealkylation sites (N-methyl/N-ethyl adjacent to an activating group) is 1. The van der Waals surface area contributed by atoms with E-state index in [1.54, 1.807) is 0 Å². The highest BCUT2D eigenvalue weighted by molar-refractivity contribution is 4.81. The van der Waals surface area contributed by atoms with Crippen molar-refractivity contribution in [2.24, 2.45) is 11.8 Å². The van der Waals surface area contributed by atoms with Crippen LogP contribution in [0.4, 0.5) is 0 Å². The minimum atomic E-state index is 0.343. The lowest BCUT2D eigenvalue weighted by atomic mass is 9.87. The average molecular weight is 257 g/mol. The number of hydrogen-bond donors (Lipinski definition) is 1. The molecule has 0 amide bonds. The van der Waals surface area contributed by atoms with Crippen molar-refractivity contribution in [3.05, 3.63) is 0 Å². The van der Waals surface area contributed by atoms with E-state index < -0.39 is 0 Å². The minimum Gasteiger partial charge on any atom is -0.377 e. The molecule has 0 heterocycles. The van der Waals surface area contributed by atoms with E-state index >= 15 is 0 Å². The predicted molar refractivity (Wildman–Crippen MR) is 81.0 cm³/mol. The van der Waals surface area contributed by atoms with Crippen LogP contribution in [0.2, 0.25) is 0 Å². The fourth-order valence-corrected chi connectivity index (χ4v) is 2.72. The summed E-state index contributed by atoms with van der Waals surface area (Å²) >= 11 is 0. The molecule has 0 saturated carbocycles. The zero-order valence-electron chi connectivity index (χ0n) is 13.5. The normalized spacial score (nSPS) is 16.8. The summed E-state index contributed by atoms with van der Waals surface area (Å²) in [6.45, 7) is 12.0. The molecule has 0 saturated heterocycles. The summed E-state index contributed by atoms with van der Waals surface area (Å²) in [5.74, 6) is 1.41. The zero-order valence-corrected chi connectivity index (χ0v) is 13.5. The maximum Gasteiger partial charge on any atom is 0.0750 e. The molecular formula is C16H35NO. The summed E-state index contributed by atoms with van der Waals surface area (Å²) in [6.07, 6.45) is 6.90. The van der Waals surface area contributed by atoms with Crippen molar-refractivity contribution >= 4 is 0 Å². The predicted octanol–water partition coefficient (Wildman–Crippen LogP) is 4.24. The van der Waals surface area contributed by atoms with Crippen LogP contribution >= 0.6 is 0 Å². The molecule has 3 unspecified atom stereocenters. The molecule has 1 N–H and O–H groups in total. The van der Waals surface area contributed by atoms with Crippen LogP contribution in [0.3, 0.4) is 0 Å². The van der Waals surface area contributed by atoms with Gasteiger partial charge in [0.05, 0.1) is 6.10 Å². The Hall–Kier alpha value is -0.0800. The number of nitrogens with one attached hydrogen (secondary N) is 1. The molecule has 18 heavy (non-hydrogen) atoms. The van der Waals surface area contributed by atoms with E-state index in [1.165, 1.54) is 32.1 Å². The van der Waals surface area contributed by atoms with Gasteiger partial charge in [-0.2, -0.15) is 0 Å². The first-order chi connectivity index (χ1) is 8.60. The fraction of sp³-hybridized carbons (Fsp3) is 1.00. The molecule has 2 nitrogen and oxygen atoms in total. The summed E-state index contributed by atoms with van der Waals surface area (Å²) in [4.78, 5) is 0. The Morgan fingerprint density at radius 1 is 1.11 bits per heavy atom. The molecule has 0 fully saturated rings. The van der Waals surface area contributed by atoms with Gasteiger partial charge in [-0.05, 0) is 32.2 Å². The van der Waals surface area contributed by atoms with Gasteiger partial charge in [0.15, 0.2) is 0 Å². The van der Waals surface area contributed by atoms with E-state index in [9.17, 15) is 0 Å². The van der Waals surface area contributed by atoms with E-state index in [4.69, 9.17) is 4.74 Å². The Morgan fingerprint density at radius 2 is 1.78 bits per heavy atom. The highest BCUT2D eigenvalue weighted by Gasteiger charge is 2.25. The summed E-state index contributed by atoms with van der Waals surface area (Å²) in [5.41, 5.74) is 0. The summed E-state index contributed by atoms with van der Waals surface area (Å²) in [5, 5.41) is 3.48. The second-order valence-electron chi connectivity index (χ2n) is 5.71. The first-order valence-electron chi connectivity index (χ1n) is 7.89. The number of unbranched alkanes of at least 4 members (excludes halogenated alkanes) is 1. The Balaban J connectivity index is 4.42. The number of rotatable bonds is 11. The van der Waals surface area contributed by atoms with E-state index in [2.05, 4.69) is 47.0 Å². The van der Waals surface area contributed by atoms with Crippen molar-refractivity contribution in [2.45, 2.75) is 78.9 Å². The zero-order chi connectivity index (χ0) is 14.0. The quantitative estimate of drug-likeness (QED) is 0.598. The van der Waals surface area contributed by atoms with Gasteiger partial charge in [0.2, 0.25) is 0 Å². The maximum absolute atomic E-state index is 5.94. The van der Waals surface area contributed by atoms with Crippen molar-refractivity contribution in [1.82, 2.24) is 5.32 Å². The molecule has 0 aromatic heterocycles. The molecule has 0 spiro atoms. The first-order valence-corrected chi connectivity index (χ1v) is 7.89. The van der Waals surface area contributed by atoms with E-state index in [1.807, 2.05) is 0 Å². The van der Waals surface area contributed by atoms with Crippen LogP contribution in [0.25, 0.3) is 0 Å². The van der Waals surface area contributed by atoms with Gasteiger partial charge in [-0.25, -0.2) is 0 Å². The van der Waals surface area contributed by atoms with Crippen molar-refractivity contribution in [3.8, 4) is 0 Å². The van der Waals surface area contributed by atoms with Crippen LogP contribution < -0.4 is 5.32 Å². The third-order valence-corrected chi connectivity index (χ3v) is 3.91. The molecular weight excluding hydrogens is 222 g/mol. The Labute approximate surface area is 115 Å². The standard InChI is InChI=1S/C16H35NO/c1-7-10-11-14(8-2)12-15(17-6)16(13(4)5)18-9-3/h13-17H,7-12H2,1-6H3. The Morgan fingerprint density at radius 3 is 2.17 bits per heavy atom. The third kappa shape index (κ3) is 6.75. The third-order valence-electron chi connectivity index (χ3n) is 3.91. The second kappa shape index (κ2) is 10.8. The van der Waals surface area contributed by atoms with Crippen LogP contribution in [0.1, 0.15) is 66.7 Å². The first kappa shape index (κ1) is 17.9. The highest BCUT2D eigenvalue weighted by atomic mass is 16.5. The smallest absolute Gasteiger partial charge is 0.0750 e. The average Bonchev–Trinajstić information content (AvgIpc) is 2.37. The van der Waals surface area contributed by atoms with Crippen molar-refractivity contribution in [3.63, 3.8) is 0 Å². The molecule has 0 radical (unpaired) electrons. The summed E-state index contributed by atoms with van der Waals surface area (Å²) in [7, 11) is 2.08. The number of hydrogen-bond acceptors (Lipinski definition) is 2. The number of ether oxygens (including phenoxy) is 1. The largest absolute Gasteiger partial charge is 0.377 e. The lowest BCUT2D eigenvalue weighted by Gasteiger charge is -2.32. The monoisotopic (exact) mass is 257 g/mol. The van der Waals surface area contributed by atoms with Crippen molar-refractivity contribution in [2.75, 3.05) is 13.7 Å². The SMILES string of the molecule is CCCCC(CC)CC(NC)C(OCC)C(C)C. The van der Waals surface area contributed by atoms with Crippen LogP contribution in [-0.4, -0.2) is 25.8 Å². The molecule has 2 heteroatoms. The molecule has 0 rings (SSSR count). The van der Waals surface area contributed by atoms with Crippen LogP contribution in [0.15, 0.2) is 0 Å². The second-order valence-corrected chi connectivity index (χ2v) is 5.71. The summed E-state index contributed by atoms with van der Waals surface area (Å²) < 4.78 is 5.94. The summed E-state index contributed by atoms with van der Waals surface area (Å²) in [6, 6.07) is 0.492. The lowest BCUT2D eigenvalue weighted by molar-refractivity contribution is -0.00107. The van der Waals surface area contributed by atoms with E-state index in [0.29, 0.717) is 18.1 Å². The Kier molecular flexibility index (Phi) is 10.8. The van der Waals surface area contributed by atoms with Crippen molar-refractivity contribution < 1.29 is 4.74 Å². The van der Waals surface area contributed by atoms with E-state index in [-0.39, 0.29) is 0 Å². The molecule has 0 aliphatic rings. The lowest BCUT2D eigenvalue weighted by Crippen LogP contribution is -2.43. The molecule has 0 aliphatic heterocycles. The van der Waals surface area contributed by atoms with Crippen LogP contribution in [0, 0.1) is 11.8 Å². The molecule has 3 atom stereocenters. The van der Waals surface area contributed by atoms with Gasteiger partial charge in [0, 0.05) is 12.6 Å². The van der Waals surface area contributed by atoms with Gasteiger partial charge >= 0.3 is 0 Å². The molecule has 0 aromatic carbocycles. The fourth-order valence-electron chi connectivity index (χ4n) is 2.72. The van der Waals surface area contributed by atoms with Gasteiger partial charge in [-0.3, -0.25) is 0 Å². The van der Waals surface area contributed by atoms with Gasteiger partial charge in [-0.15, -0.1) is 0 Å². The molecule has 0 aromatic rings. The van der Waals surface area contributed by atoms with E-state index in [0.717, 1.165) is 12.5 Å². The Bertz CT molecular complexity index is 182. The topological polar surface area (TPSA) is 21.3 Å². The maximum atomic E-state index is 5.94. The van der Waals surface area contributed by atoms with Gasteiger partial charge < -0.3 is 10.1 Å². The van der Waals surface area contributed by atoms with Crippen LogP contribution in [-0.2, 0) is 4.74 Å². The van der Waals surface area contributed by atoms with Gasteiger partial charge in [0.1, 0.15) is 0 Å². The van der Waals surface area contributed by atoms with Crippen LogP contribution in [0.5, 0.6) is 0 Å². The molecule has 0 bridgehead atoms. The molecule has 110 valence electrons. The van der Waals surface area contributed by atoms with Crippen molar-refractivity contribution in [1.29, 1.82) is 0 Å².